The third-order valence-corrected chi connectivity index (χ3v) is 5.09. The zero-order valence-electron chi connectivity index (χ0n) is 11.4. The van der Waals surface area contributed by atoms with Crippen LogP contribution in [0.25, 0.3) is 0 Å². The van der Waals surface area contributed by atoms with Crippen LogP contribution in [0.15, 0.2) is 18.5 Å². The molecule has 4 rings (SSSR count). The van der Waals surface area contributed by atoms with Crippen molar-refractivity contribution in [1.82, 2.24) is 10.3 Å². The van der Waals surface area contributed by atoms with Crippen LogP contribution in [0.3, 0.4) is 0 Å². The highest BCUT2D eigenvalue weighted by atomic mass is 16.5. The molecule has 2 heterocycles. The summed E-state index contributed by atoms with van der Waals surface area (Å²) >= 11 is 0. The Morgan fingerprint density at radius 1 is 1.21 bits per heavy atom. The molecule has 2 atom stereocenters. The van der Waals surface area contributed by atoms with Crippen LogP contribution in [0.1, 0.15) is 56.4 Å². The lowest BCUT2D eigenvalue weighted by Crippen LogP contribution is -2.25. The molecule has 3 aliphatic rings. The normalized spacial score (nSPS) is 34.0. The fourth-order valence-electron chi connectivity index (χ4n) is 3.93. The van der Waals surface area contributed by atoms with Gasteiger partial charge in [-0.05, 0) is 63.1 Å². The number of hydrogen-bond donors (Lipinski definition) is 1. The Hall–Kier alpha value is -1.09. The Labute approximate surface area is 114 Å². The molecule has 3 fully saturated rings. The van der Waals surface area contributed by atoms with Crippen molar-refractivity contribution in [2.24, 2.45) is 0 Å². The van der Waals surface area contributed by atoms with E-state index < -0.39 is 0 Å². The Bertz CT molecular complexity index is 462. The monoisotopic (exact) mass is 258 g/mol. The minimum Gasteiger partial charge on any atom is -0.489 e. The standard InChI is InChI=1S/C16H22N2O/c1-2-5-13(4-1)19-14-8-12(10-17-11-14)15-9-16(15)6-3-7-18-16/h8,10-11,13,15,18H,1-7,9H2. The summed E-state index contributed by atoms with van der Waals surface area (Å²) < 4.78 is 6.06. The van der Waals surface area contributed by atoms with Gasteiger partial charge >= 0.3 is 0 Å². The molecule has 3 nitrogen and oxygen atoms in total. The zero-order chi connectivity index (χ0) is 12.7. The summed E-state index contributed by atoms with van der Waals surface area (Å²) in [4.78, 5) is 4.39. The quantitative estimate of drug-likeness (QED) is 0.905. The maximum Gasteiger partial charge on any atom is 0.138 e. The molecule has 3 heteroatoms. The van der Waals surface area contributed by atoms with Gasteiger partial charge in [0, 0.05) is 17.7 Å². The molecule has 19 heavy (non-hydrogen) atoms. The first-order valence-corrected chi connectivity index (χ1v) is 7.72. The number of nitrogens with one attached hydrogen (secondary N) is 1. The summed E-state index contributed by atoms with van der Waals surface area (Å²) in [5, 5.41) is 3.68. The second-order valence-electron chi connectivity index (χ2n) is 6.42. The number of rotatable bonds is 3. The molecule has 1 aromatic rings. The predicted octanol–water partition coefficient (Wildman–Crippen LogP) is 3.01. The first-order valence-electron chi connectivity index (χ1n) is 7.72. The van der Waals surface area contributed by atoms with Gasteiger partial charge in [0.15, 0.2) is 0 Å². The van der Waals surface area contributed by atoms with E-state index in [4.69, 9.17) is 4.74 Å². The van der Waals surface area contributed by atoms with Gasteiger partial charge in [-0.2, -0.15) is 0 Å². The van der Waals surface area contributed by atoms with Crippen LogP contribution < -0.4 is 10.1 Å². The largest absolute Gasteiger partial charge is 0.489 e. The van der Waals surface area contributed by atoms with Gasteiger partial charge in [-0.25, -0.2) is 0 Å². The van der Waals surface area contributed by atoms with Crippen molar-refractivity contribution >= 4 is 0 Å². The molecule has 2 unspecified atom stereocenters. The molecule has 102 valence electrons. The fraction of sp³-hybridized carbons (Fsp3) is 0.688. The molecular weight excluding hydrogens is 236 g/mol. The van der Waals surface area contributed by atoms with E-state index in [1.807, 2.05) is 12.4 Å². The molecule has 2 saturated carbocycles. The predicted molar refractivity (Wildman–Crippen MR) is 74.4 cm³/mol. The van der Waals surface area contributed by atoms with Gasteiger partial charge in [-0.3, -0.25) is 4.98 Å². The number of aromatic nitrogens is 1. The van der Waals surface area contributed by atoms with Crippen LogP contribution in [0.5, 0.6) is 5.75 Å². The topological polar surface area (TPSA) is 34.2 Å². The van der Waals surface area contributed by atoms with Crippen LogP contribution in [-0.2, 0) is 0 Å². The summed E-state index contributed by atoms with van der Waals surface area (Å²) in [6.45, 7) is 1.18. The second kappa shape index (κ2) is 4.48. The number of ether oxygens (including phenoxy) is 1. The molecule has 2 aliphatic carbocycles. The van der Waals surface area contributed by atoms with Crippen LogP contribution in [0, 0.1) is 0 Å². The highest BCUT2D eigenvalue weighted by Crippen LogP contribution is 2.56. The van der Waals surface area contributed by atoms with Crippen molar-refractivity contribution in [3.8, 4) is 5.75 Å². The van der Waals surface area contributed by atoms with Gasteiger partial charge < -0.3 is 10.1 Å². The van der Waals surface area contributed by atoms with Crippen molar-refractivity contribution in [3.63, 3.8) is 0 Å². The Morgan fingerprint density at radius 2 is 2.11 bits per heavy atom. The van der Waals surface area contributed by atoms with Crippen molar-refractivity contribution in [1.29, 1.82) is 0 Å². The zero-order valence-corrected chi connectivity index (χ0v) is 11.4. The first kappa shape index (κ1) is 11.7. The Balaban J connectivity index is 1.48. The summed E-state index contributed by atoms with van der Waals surface area (Å²) in [5.74, 6) is 1.64. The Kier molecular flexibility index (Phi) is 2.76. The van der Waals surface area contributed by atoms with Crippen molar-refractivity contribution in [2.45, 2.75) is 62.5 Å². The lowest BCUT2D eigenvalue weighted by atomic mass is 10.1. The maximum atomic E-state index is 6.06. The summed E-state index contributed by atoms with van der Waals surface area (Å²) in [7, 11) is 0. The molecule has 0 aromatic carbocycles. The van der Waals surface area contributed by atoms with E-state index in [2.05, 4.69) is 16.4 Å². The average molecular weight is 258 g/mol. The number of pyridine rings is 1. The van der Waals surface area contributed by atoms with Crippen molar-refractivity contribution in [3.05, 3.63) is 24.0 Å². The maximum absolute atomic E-state index is 6.06. The molecule has 1 spiro atoms. The SMILES string of the molecule is c1ncc(C2CC23CCCN3)cc1OC1CCCC1. The molecule has 0 radical (unpaired) electrons. The van der Waals surface area contributed by atoms with Crippen LogP contribution in [-0.4, -0.2) is 23.2 Å². The molecular formula is C16H22N2O. The smallest absolute Gasteiger partial charge is 0.138 e. The number of hydrogen-bond acceptors (Lipinski definition) is 3. The average Bonchev–Trinajstić information content (AvgIpc) is 2.81. The van der Waals surface area contributed by atoms with Crippen LogP contribution >= 0.6 is 0 Å². The summed E-state index contributed by atoms with van der Waals surface area (Å²) in [5.41, 5.74) is 1.78. The first-order chi connectivity index (χ1) is 9.36. The second-order valence-corrected chi connectivity index (χ2v) is 6.42. The lowest BCUT2D eigenvalue weighted by molar-refractivity contribution is 0.209. The summed E-state index contributed by atoms with van der Waals surface area (Å²) in [6.07, 6.45) is 13.3. The van der Waals surface area contributed by atoms with Gasteiger partial charge in [-0.15, -0.1) is 0 Å². The number of nitrogens with zero attached hydrogens (tertiary/aromatic N) is 1. The highest BCUT2D eigenvalue weighted by Gasteiger charge is 2.55. The summed E-state index contributed by atoms with van der Waals surface area (Å²) in [6, 6.07) is 2.23. The van der Waals surface area contributed by atoms with E-state index in [-0.39, 0.29) is 0 Å². The molecule has 0 bridgehead atoms. The van der Waals surface area contributed by atoms with Gasteiger partial charge in [0.05, 0.1) is 12.3 Å². The Morgan fingerprint density at radius 3 is 2.89 bits per heavy atom. The van der Waals surface area contributed by atoms with E-state index >= 15 is 0 Å². The molecule has 0 amide bonds. The van der Waals surface area contributed by atoms with Crippen LogP contribution in [0.2, 0.25) is 0 Å². The van der Waals surface area contributed by atoms with Gasteiger partial charge in [-0.1, -0.05) is 0 Å². The van der Waals surface area contributed by atoms with Gasteiger partial charge in [0.25, 0.3) is 0 Å². The van der Waals surface area contributed by atoms with E-state index in [9.17, 15) is 0 Å². The molecule has 1 aromatic heterocycles. The lowest BCUT2D eigenvalue weighted by Gasteiger charge is -2.14. The van der Waals surface area contributed by atoms with E-state index in [0.29, 0.717) is 17.6 Å². The molecule has 1 aliphatic heterocycles. The fourth-order valence-corrected chi connectivity index (χ4v) is 3.93. The third-order valence-electron chi connectivity index (χ3n) is 5.09. The van der Waals surface area contributed by atoms with Crippen molar-refractivity contribution < 1.29 is 4.74 Å². The molecule has 1 N–H and O–H groups in total. The third kappa shape index (κ3) is 2.14. The van der Waals surface area contributed by atoms with E-state index in [0.717, 1.165) is 5.75 Å². The highest BCUT2D eigenvalue weighted by molar-refractivity contribution is 5.36. The minimum absolute atomic E-state index is 0.410. The minimum atomic E-state index is 0.410. The van der Waals surface area contributed by atoms with Gasteiger partial charge in [0.2, 0.25) is 0 Å². The van der Waals surface area contributed by atoms with Gasteiger partial charge in [0.1, 0.15) is 5.75 Å². The van der Waals surface area contributed by atoms with Crippen molar-refractivity contribution in [2.75, 3.05) is 6.54 Å². The van der Waals surface area contributed by atoms with Crippen LogP contribution in [0.4, 0.5) is 0 Å². The van der Waals surface area contributed by atoms with E-state index in [1.165, 1.54) is 57.1 Å². The molecule has 1 saturated heterocycles. The van der Waals surface area contributed by atoms with E-state index in [1.54, 1.807) is 0 Å².